The summed E-state index contributed by atoms with van der Waals surface area (Å²) in [5, 5.41) is 19.1. The van der Waals surface area contributed by atoms with Crippen LogP contribution in [0.15, 0.2) is 12.5 Å². The molecule has 1 aromatic rings. The number of carboxylic acid groups (broad SMARTS) is 1. The smallest absolute Gasteiger partial charge is 0.381 e. The van der Waals surface area contributed by atoms with Crippen LogP contribution in [-0.2, 0) is 20.9 Å². The van der Waals surface area contributed by atoms with E-state index in [4.69, 9.17) is 10.8 Å². The third-order valence-corrected chi connectivity index (χ3v) is 2.42. The molecule has 1 aromatic heterocycles. The van der Waals surface area contributed by atoms with Crippen molar-refractivity contribution in [3.05, 3.63) is 22.6 Å². The van der Waals surface area contributed by atoms with Crippen molar-refractivity contribution in [2.75, 3.05) is 13.1 Å². The van der Waals surface area contributed by atoms with Gasteiger partial charge in [0.15, 0.2) is 0 Å². The zero-order valence-electron chi connectivity index (χ0n) is 10.8. The molecule has 3 N–H and O–H groups in total. The zero-order valence-corrected chi connectivity index (χ0v) is 10.8. The van der Waals surface area contributed by atoms with Crippen molar-refractivity contribution in [1.29, 1.82) is 0 Å². The van der Waals surface area contributed by atoms with E-state index in [0.717, 1.165) is 11.1 Å². The largest absolute Gasteiger partial charge is 0.480 e. The molecule has 0 aliphatic carbocycles. The number of imidazole rings is 1. The van der Waals surface area contributed by atoms with E-state index in [-0.39, 0.29) is 18.8 Å². The molecule has 0 saturated heterocycles. The number of carbonyl (C=O) groups is 3. The van der Waals surface area contributed by atoms with Crippen molar-refractivity contribution in [2.45, 2.75) is 13.0 Å². The van der Waals surface area contributed by atoms with E-state index in [0.29, 0.717) is 0 Å². The molecule has 0 saturated carbocycles. The van der Waals surface area contributed by atoms with Crippen LogP contribution in [0.5, 0.6) is 0 Å². The second-order valence-electron chi connectivity index (χ2n) is 4.09. The quantitative estimate of drug-likeness (QED) is 0.439. The molecule has 114 valence electrons. The highest BCUT2D eigenvalue weighted by atomic mass is 16.6. The molecule has 0 aliphatic rings. The number of nitro groups is 1. The van der Waals surface area contributed by atoms with Crippen molar-refractivity contribution in [1.82, 2.24) is 14.5 Å². The molecule has 0 atom stereocenters. The molecule has 0 aromatic carbocycles. The van der Waals surface area contributed by atoms with Crippen molar-refractivity contribution < 1.29 is 24.4 Å². The van der Waals surface area contributed by atoms with Crippen LogP contribution in [0.3, 0.4) is 0 Å². The van der Waals surface area contributed by atoms with Crippen LogP contribution in [-0.4, -0.2) is 55.4 Å². The summed E-state index contributed by atoms with van der Waals surface area (Å²) >= 11 is 0. The lowest BCUT2D eigenvalue weighted by Gasteiger charge is -2.18. The Balaban J connectivity index is 2.61. The van der Waals surface area contributed by atoms with Crippen LogP contribution >= 0.6 is 0 Å². The summed E-state index contributed by atoms with van der Waals surface area (Å²) in [7, 11) is 0. The van der Waals surface area contributed by atoms with Gasteiger partial charge in [0.25, 0.3) is 0 Å². The summed E-state index contributed by atoms with van der Waals surface area (Å²) in [6.07, 6.45) is 2.18. The van der Waals surface area contributed by atoms with E-state index < -0.39 is 35.8 Å². The number of aryl methyl sites for hydroxylation is 1. The lowest BCUT2D eigenvalue weighted by molar-refractivity contribution is -0.389. The summed E-state index contributed by atoms with van der Waals surface area (Å²) in [6.45, 7) is -1.09. The van der Waals surface area contributed by atoms with Crippen molar-refractivity contribution in [3.63, 3.8) is 0 Å². The summed E-state index contributed by atoms with van der Waals surface area (Å²) in [5.41, 5.74) is 4.93. The number of carbonyl (C=O) groups excluding carboxylic acids is 2. The van der Waals surface area contributed by atoms with Crippen LogP contribution in [0, 0.1) is 10.1 Å². The number of aliphatic carboxylic acids is 1. The summed E-state index contributed by atoms with van der Waals surface area (Å²) in [6, 6.07) is 0. The molecule has 0 aliphatic heterocycles. The van der Waals surface area contributed by atoms with Gasteiger partial charge in [-0.15, -0.1) is 0 Å². The molecule has 0 spiro atoms. The Hall–Kier alpha value is -2.98. The Morgan fingerprint density at radius 2 is 2.10 bits per heavy atom. The summed E-state index contributed by atoms with van der Waals surface area (Å²) < 4.78 is 1.32. The molecule has 11 nitrogen and oxygen atoms in total. The molecule has 0 radical (unpaired) electrons. The normalized spacial score (nSPS) is 10.1. The van der Waals surface area contributed by atoms with Gasteiger partial charge in [-0.05, 0) is 9.91 Å². The van der Waals surface area contributed by atoms with Gasteiger partial charge in [-0.25, -0.2) is 0 Å². The first-order chi connectivity index (χ1) is 9.79. The lowest BCUT2D eigenvalue weighted by atomic mass is 10.3. The van der Waals surface area contributed by atoms with E-state index in [1.807, 2.05) is 0 Å². The minimum absolute atomic E-state index is 0.0640. The maximum absolute atomic E-state index is 11.8. The first-order valence-electron chi connectivity index (χ1n) is 5.73. The third kappa shape index (κ3) is 5.26. The Labute approximate surface area is 118 Å². The zero-order chi connectivity index (χ0) is 16.0. The van der Waals surface area contributed by atoms with Gasteiger partial charge in [0.05, 0.1) is 6.54 Å². The van der Waals surface area contributed by atoms with Gasteiger partial charge in [-0.3, -0.25) is 14.4 Å². The summed E-state index contributed by atoms with van der Waals surface area (Å²) in [5.74, 6) is -3.07. The Morgan fingerprint density at radius 3 is 2.57 bits per heavy atom. The highest BCUT2D eigenvalue weighted by Crippen LogP contribution is 2.07. The predicted molar refractivity (Wildman–Crippen MR) is 66.9 cm³/mol. The number of aromatic nitrogens is 2. The molecule has 21 heavy (non-hydrogen) atoms. The fourth-order valence-electron chi connectivity index (χ4n) is 1.53. The Kier molecular flexibility index (Phi) is 5.34. The third-order valence-electron chi connectivity index (χ3n) is 2.42. The molecule has 0 unspecified atom stereocenters. The number of primary amides is 1. The van der Waals surface area contributed by atoms with E-state index in [2.05, 4.69) is 4.98 Å². The highest BCUT2D eigenvalue weighted by Gasteiger charge is 2.19. The Morgan fingerprint density at radius 1 is 1.43 bits per heavy atom. The molecule has 0 bridgehead atoms. The number of hydrogen-bond donors (Lipinski definition) is 2. The van der Waals surface area contributed by atoms with Gasteiger partial charge in [-0.2, -0.15) is 0 Å². The van der Waals surface area contributed by atoms with Gasteiger partial charge < -0.3 is 30.4 Å². The average molecular weight is 299 g/mol. The molecule has 11 heteroatoms. The maximum Gasteiger partial charge on any atom is 0.381 e. The van der Waals surface area contributed by atoms with E-state index in [9.17, 15) is 24.5 Å². The van der Waals surface area contributed by atoms with Crippen LogP contribution < -0.4 is 5.73 Å². The van der Waals surface area contributed by atoms with Gasteiger partial charge in [0.2, 0.25) is 18.1 Å². The van der Waals surface area contributed by atoms with Crippen LogP contribution in [0.1, 0.15) is 6.42 Å². The van der Waals surface area contributed by atoms with Gasteiger partial charge in [0.1, 0.15) is 12.7 Å². The molecule has 2 amide bonds. The van der Waals surface area contributed by atoms with Crippen molar-refractivity contribution >= 4 is 23.6 Å². The van der Waals surface area contributed by atoms with Crippen LogP contribution in [0.2, 0.25) is 0 Å². The van der Waals surface area contributed by atoms with E-state index in [1.54, 1.807) is 0 Å². The number of rotatable bonds is 8. The predicted octanol–water partition coefficient (Wildman–Crippen LogP) is -1.42. The minimum Gasteiger partial charge on any atom is -0.480 e. The fourth-order valence-corrected chi connectivity index (χ4v) is 1.53. The molecule has 1 heterocycles. The van der Waals surface area contributed by atoms with Gasteiger partial charge >= 0.3 is 11.8 Å². The minimum atomic E-state index is -1.28. The number of hydrogen-bond acceptors (Lipinski definition) is 6. The monoisotopic (exact) mass is 299 g/mol. The van der Waals surface area contributed by atoms with Crippen molar-refractivity contribution in [3.8, 4) is 0 Å². The molecular formula is C10H13N5O6. The van der Waals surface area contributed by atoms with Gasteiger partial charge in [0, 0.05) is 13.0 Å². The second kappa shape index (κ2) is 6.98. The van der Waals surface area contributed by atoms with Crippen LogP contribution in [0.25, 0.3) is 0 Å². The maximum atomic E-state index is 11.8. The molecular weight excluding hydrogens is 286 g/mol. The SMILES string of the molecule is NC(=O)CN(CC(=O)O)C(=O)CCn1cnc([N+](=O)[O-])c1. The topological polar surface area (TPSA) is 162 Å². The van der Waals surface area contributed by atoms with Crippen LogP contribution in [0.4, 0.5) is 5.82 Å². The first kappa shape index (κ1) is 16.1. The number of carboxylic acids is 1. The van der Waals surface area contributed by atoms with Crippen molar-refractivity contribution in [2.24, 2.45) is 5.73 Å². The van der Waals surface area contributed by atoms with E-state index >= 15 is 0 Å². The number of amides is 2. The van der Waals surface area contributed by atoms with Gasteiger partial charge in [-0.1, -0.05) is 0 Å². The van der Waals surface area contributed by atoms with E-state index in [1.165, 1.54) is 10.9 Å². The second-order valence-corrected chi connectivity index (χ2v) is 4.09. The Bertz CT molecular complexity index is 552. The summed E-state index contributed by atoms with van der Waals surface area (Å²) in [4.78, 5) is 47.3. The standard InChI is InChI=1S/C10H13N5O6/c11-7(16)3-14(5-10(18)19)9(17)1-2-13-4-8(12-6-13)15(20)21/h4,6H,1-3,5H2,(H2,11,16)(H,18,19). The number of nitrogens with two attached hydrogens (primary N) is 1. The lowest BCUT2D eigenvalue weighted by Crippen LogP contribution is -2.41. The average Bonchev–Trinajstić information content (AvgIpc) is 2.82. The fraction of sp³-hybridized carbons (Fsp3) is 0.400. The highest BCUT2D eigenvalue weighted by molar-refractivity contribution is 5.86. The number of nitrogens with zero attached hydrogens (tertiary/aromatic N) is 4. The first-order valence-corrected chi connectivity index (χ1v) is 5.73. The molecule has 1 rings (SSSR count). The molecule has 0 fully saturated rings.